The number of carbonyl (C=O) groups is 2. The lowest BCUT2D eigenvalue weighted by Gasteiger charge is -2.33. The third kappa shape index (κ3) is 7.74. The molecule has 0 aliphatic rings. The SMILES string of the molecule is CCCCNC(=O)C(CC)N(Cc1ccc(Cl)cc1)C(=O)CN(c1ccccc1C)S(C)(=O)=O. The average molecular weight is 508 g/mol. The van der Waals surface area contributed by atoms with Gasteiger partial charge in [0.2, 0.25) is 21.8 Å². The Hall–Kier alpha value is -2.58. The van der Waals surface area contributed by atoms with Gasteiger partial charge >= 0.3 is 0 Å². The number of hydrogen-bond acceptors (Lipinski definition) is 4. The Kier molecular flexibility index (Phi) is 10.4. The Labute approximate surface area is 208 Å². The summed E-state index contributed by atoms with van der Waals surface area (Å²) in [5.74, 6) is -0.707. The van der Waals surface area contributed by atoms with Crippen molar-refractivity contribution in [1.82, 2.24) is 10.2 Å². The van der Waals surface area contributed by atoms with Gasteiger partial charge < -0.3 is 10.2 Å². The number of hydrogen-bond donors (Lipinski definition) is 1. The monoisotopic (exact) mass is 507 g/mol. The van der Waals surface area contributed by atoms with Gasteiger partial charge in [0, 0.05) is 18.1 Å². The smallest absolute Gasteiger partial charge is 0.244 e. The first-order chi connectivity index (χ1) is 16.1. The number of carbonyl (C=O) groups excluding carboxylic acids is 2. The molecule has 34 heavy (non-hydrogen) atoms. The van der Waals surface area contributed by atoms with Gasteiger partial charge in [-0.2, -0.15) is 0 Å². The number of para-hydroxylation sites is 1. The fraction of sp³-hybridized carbons (Fsp3) is 0.440. The number of nitrogens with zero attached hydrogens (tertiary/aromatic N) is 2. The highest BCUT2D eigenvalue weighted by molar-refractivity contribution is 7.92. The van der Waals surface area contributed by atoms with Gasteiger partial charge in [0.1, 0.15) is 12.6 Å². The zero-order valence-electron chi connectivity index (χ0n) is 20.3. The topological polar surface area (TPSA) is 86.8 Å². The molecule has 0 spiro atoms. The predicted molar refractivity (Wildman–Crippen MR) is 137 cm³/mol. The van der Waals surface area contributed by atoms with E-state index in [1.165, 1.54) is 4.90 Å². The minimum Gasteiger partial charge on any atom is -0.354 e. The van der Waals surface area contributed by atoms with Crippen molar-refractivity contribution in [3.05, 3.63) is 64.7 Å². The lowest BCUT2D eigenvalue weighted by atomic mass is 10.1. The molecule has 2 amide bonds. The van der Waals surface area contributed by atoms with Crippen LogP contribution >= 0.6 is 11.6 Å². The lowest BCUT2D eigenvalue weighted by Crippen LogP contribution is -2.52. The second-order valence-electron chi connectivity index (χ2n) is 8.27. The predicted octanol–water partition coefficient (Wildman–Crippen LogP) is 4.14. The third-order valence-corrected chi connectivity index (χ3v) is 6.92. The van der Waals surface area contributed by atoms with Gasteiger partial charge in [0.15, 0.2) is 0 Å². The number of unbranched alkanes of at least 4 members (excludes halogenated alkanes) is 1. The Morgan fingerprint density at radius 1 is 1.06 bits per heavy atom. The van der Waals surface area contributed by atoms with Gasteiger partial charge in [-0.1, -0.05) is 62.2 Å². The van der Waals surface area contributed by atoms with Crippen LogP contribution in [-0.2, 0) is 26.2 Å². The maximum atomic E-state index is 13.6. The quantitative estimate of drug-likeness (QED) is 0.437. The van der Waals surface area contributed by atoms with Crippen LogP contribution in [0.1, 0.15) is 44.2 Å². The van der Waals surface area contributed by atoms with Crippen molar-refractivity contribution in [2.75, 3.05) is 23.7 Å². The Bertz CT molecular complexity index is 1070. The van der Waals surface area contributed by atoms with Crippen LogP contribution in [-0.4, -0.2) is 50.5 Å². The standard InChI is InChI=1S/C25H34ClN3O4S/c1-5-7-16-27-25(31)22(6-2)28(17-20-12-14-21(26)15-13-20)24(30)18-29(34(4,32)33)23-11-9-8-10-19(23)3/h8-15,22H,5-7,16-18H2,1-4H3,(H,27,31). The van der Waals surface area contributed by atoms with Gasteiger partial charge in [0.05, 0.1) is 11.9 Å². The molecule has 0 fully saturated rings. The van der Waals surface area contributed by atoms with Crippen molar-refractivity contribution < 1.29 is 18.0 Å². The molecule has 0 saturated heterocycles. The molecule has 1 unspecified atom stereocenters. The fourth-order valence-electron chi connectivity index (χ4n) is 3.65. The van der Waals surface area contributed by atoms with Gasteiger partial charge in [-0.25, -0.2) is 8.42 Å². The molecular formula is C25H34ClN3O4S. The van der Waals surface area contributed by atoms with Crippen molar-refractivity contribution >= 4 is 39.1 Å². The Morgan fingerprint density at radius 2 is 1.71 bits per heavy atom. The van der Waals surface area contributed by atoms with Crippen LogP contribution in [0.4, 0.5) is 5.69 Å². The minimum atomic E-state index is -3.75. The van der Waals surface area contributed by atoms with Crippen molar-refractivity contribution in [2.45, 2.75) is 52.6 Å². The number of nitrogens with one attached hydrogen (secondary N) is 1. The number of benzene rings is 2. The zero-order valence-corrected chi connectivity index (χ0v) is 21.8. The van der Waals surface area contributed by atoms with Gasteiger partial charge in [0.25, 0.3) is 0 Å². The number of rotatable bonds is 12. The van der Waals surface area contributed by atoms with Crippen molar-refractivity contribution in [2.24, 2.45) is 0 Å². The van der Waals surface area contributed by atoms with E-state index in [0.29, 0.717) is 23.7 Å². The molecule has 7 nitrogen and oxygen atoms in total. The van der Waals surface area contributed by atoms with Crippen LogP contribution in [0.2, 0.25) is 5.02 Å². The van der Waals surface area contributed by atoms with E-state index in [4.69, 9.17) is 11.6 Å². The number of sulfonamides is 1. The largest absolute Gasteiger partial charge is 0.354 e. The summed E-state index contributed by atoms with van der Waals surface area (Å²) in [6.07, 6.45) is 3.23. The van der Waals surface area contributed by atoms with E-state index in [1.807, 2.05) is 19.9 Å². The Morgan fingerprint density at radius 3 is 2.26 bits per heavy atom. The molecule has 0 radical (unpaired) electrons. The molecule has 186 valence electrons. The number of aryl methyl sites for hydroxylation is 1. The van der Waals surface area contributed by atoms with E-state index in [2.05, 4.69) is 5.32 Å². The van der Waals surface area contributed by atoms with E-state index in [1.54, 1.807) is 49.4 Å². The van der Waals surface area contributed by atoms with Crippen molar-refractivity contribution in [3.8, 4) is 0 Å². The van der Waals surface area contributed by atoms with Crippen molar-refractivity contribution in [1.29, 1.82) is 0 Å². The van der Waals surface area contributed by atoms with Crippen LogP contribution < -0.4 is 9.62 Å². The molecule has 2 aromatic rings. The first kappa shape index (κ1) is 27.7. The van der Waals surface area contributed by atoms with Gasteiger partial charge in [-0.3, -0.25) is 13.9 Å². The van der Waals surface area contributed by atoms with E-state index in [0.717, 1.165) is 34.5 Å². The molecule has 2 aromatic carbocycles. The Balaban J connectivity index is 2.40. The fourth-order valence-corrected chi connectivity index (χ4v) is 4.68. The minimum absolute atomic E-state index is 0.154. The van der Waals surface area contributed by atoms with E-state index in [-0.39, 0.29) is 12.5 Å². The molecule has 0 bridgehead atoms. The highest BCUT2D eigenvalue weighted by Gasteiger charge is 2.31. The molecule has 9 heteroatoms. The van der Waals surface area contributed by atoms with E-state index < -0.39 is 28.5 Å². The molecule has 0 saturated carbocycles. The van der Waals surface area contributed by atoms with Crippen LogP contribution in [0.5, 0.6) is 0 Å². The summed E-state index contributed by atoms with van der Waals surface area (Å²) >= 11 is 6.01. The lowest BCUT2D eigenvalue weighted by molar-refractivity contribution is -0.140. The summed E-state index contributed by atoms with van der Waals surface area (Å²) in [6.45, 7) is 5.93. The maximum Gasteiger partial charge on any atom is 0.244 e. The van der Waals surface area contributed by atoms with E-state index in [9.17, 15) is 18.0 Å². The first-order valence-electron chi connectivity index (χ1n) is 11.4. The summed E-state index contributed by atoms with van der Waals surface area (Å²) in [5, 5.41) is 3.47. The molecule has 2 rings (SSSR count). The second-order valence-corrected chi connectivity index (χ2v) is 10.6. The third-order valence-electron chi connectivity index (χ3n) is 5.54. The van der Waals surface area contributed by atoms with Crippen LogP contribution in [0, 0.1) is 6.92 Å². The summed E-state index contributed by atoms with van der Waals surface area (Å²) in [5.41, 5.74) is 1.96. The number of anilines is 1. The molecule has 1 N–H and O–H groups in total. The average Bonchev–Trinajstić information content (AvgIpc) is 2.78. The number of amides is 2. The zero-order chi connectivity index (χ0) is 25.3. The normalized spacial score (nSPS) is 12.1. The highest BCUT2D eigenvalue weighted by Crippen LogP contribution is 2.23. The maximum absolute atomic E-state index is 13.6. The highest BCUT2D eigenvalue weighted by atomic mass is 35.5. The van der Waals surface area contributed by atoms with Crippen molar-refractivity contribution in [3.63, 3.8) is 0 Å². The molecule has 1 atom stereocenters. The summed E-state index contributed by atoms with van der Waals surface area (Å²) in [6, 6.07) is 13.3. The molecule has 0 aliphatic carbocycles. The van der Waals surface area contributed by atoms with E-state index >= 15 is 0 Å². The molecule has 0 aliphatic heterocycles. The molecule has 0 aromatic heterocycles. The summed E-state index contributed by atoms with van der Waals surface area (Å²) < 4.78 is 26.4. The van der Waals surface area contributed by atoms with Crippen LogP contribution in [0.15, 0.2) is 48.5 Å². The molecule has 0 heterocycles. The number of halogens is 1. The summed E-state index contributed by atoms with van der Waals surface area (Å²) in [7, 11) is -3.75. The van der Waals surface area contributed by atoms with Crippen LogP contribution in [0.3, 0.4) is 0 Å². The van der Waals surface area contributed by atoms with Crippen LogP contribution in [0.25, 0.3) is 0 Å². The summed E-state index contributed by atoms with van der Waals surface area (Å²) in [4.78, 5) is 28.1. The first-order valence-corrected chi connectivity index (χ1v) is 13.7. The van der Waals surface area contributed by atoms with Gasteiger partial charge in [-0.05, 0) is 49.1 Å². The second kappa shape index (κ2) is 12.8. The molecular weight excluding hydrogens is 474 g/mol. The van der Waals surface area contributed by atoms with Gasteiger partial charge in [-0.15, -0.1) is 0 Å².